The van der Waals surface area contributed by atoms with Gasteiger partial charge in [-0.1, -0.05) is 20.8 Å². The molecule has 0 saturated carbocycles. The number of nitrogens with one attached hydrogen (secondary N) is 2. The summed E-state index contributed by atoms with van der Waals surface area (Å²) in [5.74, 6) is 1.36. The molecule has 0 amide bonds. The normalized spacial score (nSPS) is 16.3. The van der Waals surface area contributed by atoms with E-state index in [1.807, 2.05) is 27.7 Å². The third-order valence-electron chi connectivity index (χ3n) is 3.27. The van der Waals surface area contributed by atoms with E-state index in [2.05, 4.69) is 36.4 Å². The molecule has 6 heteroatoms. The van der Waals surface area contributed by atoms with Crippen LogP contribution in [0.15, 0.2) is 4.99 Å². The Morgan fingerprint density at radius 2 is 1.77 bits per heavy atom. The molecule has 0 fully saturated rings. The highest BCUT2D eigenvalue weighted by atomic mass is 32.2. The molecule has 0 aliphatic heterocycles. The van der Waals surface area contributed by atoms with E-state index in [1.54, 1.807) is 7.11 Å². The van der Waals surface area contributed by atoms with Crippen LogP contribution in [0, 0.1) is 5.41 Å². The van der Waals surface area contributed by atoms with Gasteiger partial charge >= 0.3 is 0 Å². The van der Waals surface area contributed by atoms with Crippen molar-refractivity contribution < 1.29 is 8.95 Å². The Morgan fingerprint density at radius 3 is 2.18 bits per heavy atom. The highest BCUT2D eigenvalue weighted by Gasteiger charge is 2.24. The number of hydrogen-bond acceptors (Lipinski definition) is 3. The molecule has 0 rings (SSSR count). The summed E-state index contributed by atoms with van der Waals surface area (Å²) in [7, 11) is 0.864. The van der Waals surface area contributed by atoms with Crippen LogP contribution in [0.5, 0.6) is 0 Å². The summed E-state index contributed by atoms with van der Waals surface area (Å²) in [5.41, 5.74) is 0.0449. The van der Waals surface area contributed by atoms with Gasteiger partial charge in [0.05, 0.1) is 12.6 Å². The molecule has 0 aromatic heterocycles. The molecule has 2 N–H and O–H groups in total. The molecule has 132 valence electrons. The molecule has 0 spiro atoms. The van der Waals surface area contributed by atoms with E-state index in [0.29, 0.717) is 18.8 Å². The minimum Gasteiger partial charge on any atom is -0.379 e. The van der Waals surface area contributed by atoms with Gasteiger partial charge in [0, 0.05) is 41.5 Å². The molecule has 5 nitrogen and oxygen atoms in total. The first-order valence-corrected chi connectivity index (χ1v) is 9.27. The summed E-state index contributed by atoms with van der Waals surface area (Å²) in [4.78, 5) is 4.58. The van der Waals surface area contributed by atoms with E-state index < -0.39 is 10.8 Å². The Hall–Kier alpha value is -0.620. The lowest BCUT2D eigenvalue weighted by molar-refractivity contribution is 0.0241. The van der Waals surface area contributed by atoms with Crippen molar-refractivity contribution in [2.24, 2.45) is 10.4 Å². The predicted octanol–water partition coefficient (Wildman–Crippen LogP) is 2.15. The molecule has 0 bridgehead atoms. The van der Waals surface area contributed by atoms with Crippen LogP contribution in [0.25, 0.3) is 0 Å². The average Bonchev–Trinajstić information content (AvgIpc) is 2.36. The van der Waals surface area contributed by atoms with Crippen molar-refractivity contribution >= 4 is 16.8 Å². The largest absolute Gasteiger partial charge is 0.379 e. The van der Waals surface area contributed by atoms with Crippen LogP contribution in [-0.2, 0) is 15.5 Å². The Kier molecular flexibility index (Phi) is 9.24. The maximum absolute atomic E-state index is 12.0. The molecule has 2 unspecified atom stereocenters. The van der Waals surface area contributed by atoms with Gasteiger partial charge in [-0.3, -0.25) is 9.20 Å². The van der Waals surface area contributed by atoms with E-state index in [-0.39, 0.29) is 16.3 Å². The van der Waals surface area contributed by atoms with E-state index in [4.69, 9.17) is 4.74 Å². The fraction of sp³-hybridized carbons (Fsp3) is 0.938. The van der Waals surface area contributed by atoms with Gasteiger partial charge in [0.25, 0.3) is 0 Å². The van der Waals surface area contributed by atoms with Crippen LogP contribution < -0.4 is 10.6 Å². The van der Waals surface area contributed by atoms with Crippen LogP contribution in [0.2, 0.25) is 0 Å². The Morgan fingerprint density at radius 1 is 1.18 bits per heavy atom. The van der Waals surface area contributed by atoms with Crippen molar-refractivity contribution in [2.75, 3.05) is 32.5 Å². The predicted molar refractivity (Wildman–Crippen MR) is 97.0 cm³/mol. The molecule has 0 aromatic rings. The van der Waals surface area contributed by atoms with Crippen molar-refractivity contribution in [2.45, 2.75) is 59.3 Å². The SMILES string of the molecule is CCNC(=NCC(OC)C(C)(C)C)NCCS(=O)C(C)(C)C. The Labute approximate surface area is 139 Å². The zero-order valence-corrected chi connectivity index (χ0v) is 16.4. The smallest absolute Gasteiger partial charge is 0.191 e. The summed E-state index contributed by atoms with van der Waals surface area (Å²) in [6.07, 6.45) is 0.0617. The van der Waals surface area contributed by atoms with Gasteiger partial charge in [0.15, 0.2) is 5.96 Å². The van der Waals surface area contributed by atoms with E-state index in [1.165, 1.54) is 0 Å². The van der Waals surface area contributed by atoms with Crippen molar-refractivity contribution in [3.05, 3.63) is 0 Å². The number of aliphatic imine (C=N–C) groups is 1. The van der Waals surface area contributed by atoms with Gasteiger partial charge in [0.1, 0.15) is 0 Å². The number of ether oxygens (including phenoxy) is 1. The minimum absolute atomic E-state index is 0.0449. The maximum atomic E-state index is 12.0. The summed E-state index contributed by atoms with van der Waals surface area (Å²) in [5, 5.41) is 6.46. The third kappa shape index (κ3) is 8.73. The third-order valence-corrected chi connectivity index (χ3v) is 5.21. The fourth-order valence-corrected chi connectivity index (χ4v) is 2.69. The summed E-state index contributed by atoms with van der Waals surface area (Å²) in [6.45, 7) is 16.5. The van der Waals surface area contributed by atoms with Crippen molar-refractivity contribution in [3.8, 4) is 0 Å². The molecule has 0 heterocycles. The summed E-state index contributed by atoms with van der Waals surface area (Å²) < 4.78 is 17.4. The first-order chi connectivity index (χ1) is 10.0. The van der Waals surface area contributed by atoms with E-state index >= 15 is 0 Å². The number of guanidine groups is 1. The van der Waals surface area contributed by atoms with Gasteiger partial charge in [-0.15, -0.1) is 0 Å². The number of methoxy groups -OCH3 is 1. The van der Waals surface area contributed by atoms with Crippen LogP contribution in [0.3, 0.4) is 0 Å². The Bertz CT molecular complexity index is 371. The molecule has 2 atom stereocenters. The molecule has 0 aliphatic rings. The molecule has 0 saturated heterocycles. The second-order valence-corrected chi connectivity index (χ2v) is 9.72. The summed E-state index contributed by atoms with van der Waals surface area (Å²) in [6, 6.07) is 0. The molecular formula is C16H35N3O2S. The van der Waals surface area contributed by atoms with Crippen molar-refractivity contribution in [1.29, 1.82) is 0 Å². The zero-order chi connectivity index (χ0) is 17.4. The quantitative estimate of drug-likeness (QED) is 0.553. The van der Waals surface area contributed by atoms with Gasteiger partial charge in [-0.2, -0.15) is 0 Å². The molecular weight excluding hydrogens is 298 g/mol. The standard InChI is InChI=1S/C16H35N3O2S/c1-9-17-14(18-10-11-22(20)16(5,6)7)19-12-13(21-8)15(2,3)4/h13H,9-12H2,1-8H3,(H2,17,18,19). The number of rotatable bonds is 7. The lowest BCUT2D eigenvalue weighted by atomic mass is 9.89. The average molecular weight is 334 g/mol. The van der Waals surface area contributed by atoms with Crippen LogP contribution in [-0.4, -0.2) is 53.5 Å². The van der Waals surface area contributed by atoms with Gasteiger partial charge in [-0.25, -0.2) is 0 Å². The second-order valence-electron chi connectivity index (χ2n) is 7.40. The van der Waals surface area contributed by atoms with Crippen LogP contribution in [0.1, 0.15) is 48.5 Å². The van der Waals surface area contributed by atoms with Crippen molar-refractivity contribution in [1.82, 2.24) is 10.6 Å². The fourth-order valence-electron chi connectivity index (χ4n) is 1.79. The molecule has 22 heavy (non-hydrogen) atoms. The first kappa shape index (κ1) is 21.4. The topological polar surface area (TPSA) is 62.7 Å². The van der Waals surface area contributed by atoms with E-state index in [9.17, 15) is 4.21 Å². The highest BCUT2D eigenvalue weighted by molar-refractivity contribution is 7.86. The minimum atomic E-state index is -0.856. The van der Waals surface area contributed by atoms with E-state index in [0.717, 1.165) is 12.5 Å². The van der Waals surface area contributed by atoms with Crippen LogP contribution in [0.4, 0.5) is 0 Å². The molecule has 0 aliphatic carbocycles. The van der Waals surface area contributed by atoms with Crippen LogP contribution >= 0.6 is 0 Å². The maximum Gasteiger partial charge on any atom is 0.191 e. The van der Waals surface area contributed by atoms with Gasteiger partial charge < -0.3 is 15.4 Å². The molecule has 0 radical (unpaired) electrons. The second kappa shape index (κ2) is 9.50. The number of hydrogen-bond donors (Lipinski definition) is 2. The summed E-state index contributed by atoms with van der Waals surface area (Å²) >= 11 is 0. The van der Waals surface area contributed by atoms with Gasteiger partial charge in [0.2, 0.25) is 0 Å². The lowest BCUT2D eigenvalue weighted by Crippen LogP contribution is -2.41. The first-order valence-electron chi connectivity index (χ1n) is 7.95. The van der Waals surface area contributed by atoms with Crippen molar-refractivity contribution in [3.63, 3.8) is 0 Å². The van der Waals surface area contributed by atoms with Gasteiger partial charge in [-0.05, 0) is 33.1 Å². The highest BCUT2D eigenvalue weighted by Crippen LogP contribution is 2.21. The Balaban J connectivity index is 4.53. The molecule has 0 aromatic carbocycles. The number of nitrogens with zero attached hydrogens (tertiary/aromatic N) is 1. The monoisotopic (exact) mass is 333 g/mol. The zero-order valence-electron chi connectivity index (χ0n) is 15.6. The lowest BCUT2D eigenvalue weighted by Gasteiger charge is -2.28.